The van der Waals surface area contributed by atoms with Gasteiger partial charge in [-0.05, 0) is 87.5 Å². The number of benzene rings is 8. The summed E-state index contributed by atoms with van der Waals surface area (Å²) < 4.78 is 2.52. The Morgan fingerprint density at radius 1 is 0.386 bits per heavy atom. The van der Waals surface area contributed by atoms with Gasteiger partial charge in [-0.1, -0.05) is 182 Å². The molecule has 1 spiro atoms. The first-order chi connectivity index (χ1) is 28.3. The maximum atomic E-state index is 5.42. The van der Waals surface area contributed by atoms with E-state index in [1.54, 1.807) is 0 Å². The molecule has 2 aliphatic rings. The van der Waals surface area contributed by atoms with Gasteiger partial charge in [0, 0.05) is 21.9 Å². The summed E-state index contributed by atoms with van der Waals surface area (Å²) in [5.41, 5.74) is 15.1. The highest BCUT2D eigenvalue weighted by atomic mass is 31.1. The smallest absolute Gasteiger partial charge is 0.0755 e. The first-order valence-electron chi connectivity index (χ1n) is 19.6. The minimum Gasteiger partial charge on any atom is -0.309 e. The highest BCUT2D eigenvalue weighted by Gasteiger charge is 2.51. The van der Waals surface area contributed by atoms with E-state index in [1.165, 1.54) is 71.2 Å². The van der Waals surface area contributed by atoms with Gasteiger partial charge in [0.05, 0.1) is 33.5 Å². The summed E-state index contributed by atoms with van der Waals surface area (Å²) >= 11 is 0. The number of hydrogen-bond acceptors (Lipinski definition) is 1. The summed E-state index contributed by atoms with van der Waals surface area (Å²) in [6.45, 7) is 0. The second kappa shape index (κ2) is 12.6. The fourth-order valence-electron chi connectivity index (χ4n) is 9.82. The Labute approximate surface area is 333 Å². The Morgan fingerprint density at radius 3 is 1.79 bits per heavy atom. The van der Waals surface area contributed by atoms with Crippen LogP contribution < -0.4 is 15.9 Å². The summed E-state index contributed by atoms with van der Waals surface area (Å²) in [4.78, 5) is 5.42. The van der Waals surface area contributed by atoms with Crippen LogP contribution in [0.15, 0.2) is 212 Å². The maximum absolute atomic E-state index is 5.42. The molecule has 266 valence electrons. The van der Waals surface area contributed by atoms with Crippen molar-refractivity contribution >= 4 is 45.6 Å². The largest absolute Gasteiger partial charge is 0.309 e. The highest BCUT2D eigenvalue weighted by Crippen LogP contribution is 2.58. The van der Waals surface area contributed by atoms with Crippen LogP contribution in [-0.4, -0.2) is 9.55 Å². The molecule has 2 aromatic heterocycles. The second-order valence-electron chi connectivity index (χ2n) is 15.1. The fraction of sp³-hybridized carbons (Fsp3) is 0.0185. The van der Waals surface area contributed by atoms with Gasteiger partial charge in [0.1, 0.15) is 0 Å². The molecule has 0 fully saturated rings. The standard InChI is InChI=1S/C54H35N2P/c1-4-17-36(18-5-1)39-33-47(37-19-6-2-7-20-37)55-48(34-39)38-31-32-45-52(35-38)57(40-21-8-3-9-22-40)51-30-15-12-26-44(51)54(45)43-25-11-14-29-50(43)56-49-28-13-10-23-41(49)42-24-16-27-46(54)53(42)56/h1-35H/t54?,57-/m1/s1. The molecule has 0 saturated carbocycles. The van der Waals surface area contributed by atoms with Gasteiger partial charge in [-0.15, -0.1) is 0 Å². The zero-order chi connectivity index (χ0) is 37.5. The lowest BCUT2D eigenvalue weighted by atomic mass is 9.62. The molecule has 4 heterocycles. The molecule has 0 bridgehead atoms. The first kappa shape index (κ1) is 32.4. The Bertz CT molecular complexity index is 3130. The summed E-state index contributed by atoms with van der Waals surface area (Å²) in [7, 11) is -0.929. The van der Waals surface area contributed by atoms with E-state index in [9.17, 15) is 0 Å². The number of rotatable bonds is 4. The van der Waals surface area contributed by atoms with Gasteiger partial charge in [0.2, 0.25) is 0 Å². The zero-order valence-corrected chi connectivity index (χ0v) is 31.9. The number of para-hydroxylation sites is 3. The van der Waals surface area contributed by atoms with Crippen molar-refractivity contribution in [2.24, 2.45) is 0 Å². The molecule has 0 radical (unpaired) electrons. The van der Waals surface area contributed by atoms with Crippen LogP contribution in [0.25, 0.3) is 61.1 Å². The second-order valence-corrected chi connectivity index (χ2v) is 17.3. The quantitative estimate of drug-likeness (QED) is 0.164. The van der Waals surface area contributed by atoms with Gasteiger partial charge in [-0.2, -0.15) is 0 Å². The minimum atomic E-state index is -0.929. The normalized spacial score (nSPS) is 16.3. The molecule has 3 heteroatoms. The van der Waals surface area contributed by atoms with Crippen LogP contribution in [0.5, 0.6) is 0 Å². The molecular formula is C54H35N2P. The monoisotopic (exact) mass is 742 g/mol. The topological polar surface area (TPSA) is 17.8 Å². The van der Waals surface area contributed by atoms with Crippen LogP contribution in [0.1, 0.15) is 22.3 Å². The first-order valence-corrected chi connectivity index (χ1v) is 21.0. The Morgan fingerprint density at radius 2 is 0.982 bits per heavy atom. The minimum absolute atomic E-state index is 0.549. The van der Waals surface area contributed by atoms with E-state index < -0.39 is 13.3 Å². The third-order valence-electron chi connectivity index (χ3n) is 12.2. The van der Waals surface area contributed by atoms with Crippen LogP contribution in [-0.2, 0) is 5.41 Å². The molecule has 57 heavy (non-hydrogen) atoms. The number of hydrogen-bond donors (Lipinski definition) is 0. The SMILES string of the molecule is c1ccc(-c2cc(-c3ccccc3)nc(-c3ccc4c(c3)[P@](c3ccccc3)c3ccccc3C43c4ccccc4-n4c5ccccc5c5cccc3c54)c2)cc1. The van der Waals surface area contributed by atoms with Gasteiger partial charge >= 0.3 is 0 Å². The molecule has 0 saturated heterocycles. The van der Waals surface area contributed by atoms with Gasteiger partial charge in [-0.25, -0.2) is 4.98 Å². The molecule has 8 aromatic carbocycles. The number of fused-ring (bicyclic) bond motifs is 11. The third-order valence-corrected chi connectivity index (χ3v) is 14.7. The Balaban J connectivity index is 1.20. The highest BCUT2D eigenvalue weighted by molar-refractivity contribution is 7.80. The molecule has 0 aliphatic carbocycles. The van der Waals surface area contributed by atoms with Crippen molar-refractivity contribution in [2.45, 2.75) is 5.41 Å². The van der Waals surface area contributed by atoms with E-state index in [-0.39, 0.29) is 0 Å². The van der Waals surface area contributed by atoms with E-state index in [1.807, 2.05) is 0 Å². The van der Waals surface area contributed by atoms with Crippen LogP contribution >= 0.6 is 7.92 Å². The van der Waals surface area contributed by atoms with E-state index in [4.69, 9.17) is 4.98 Å². The van der Waals surface area contributed by atoms with Crippen molar-refractivity contribution in [1.29, 1.82) is 0 Å². The van der Waals surface area contributed by atoms with Crippen molar-refractivity contribution in [3.8, 4) is 39.3 Å². The molecule has 2 nitrogen and oxygen atoms in total. The number of aromatic nitrogens is 2. The van der Waals surface area contributed by atoms with E-state index in [2.05, 4.69) is 217 Å². The number of pyridine rings is 1. The lowest BCUT2D eigenvalue weighted by Crippen LogP contribution is -2.47. The van der Waals surface area contributed by atoms with Crippen molar-refractivity contribution in [1.82, 2.24) is 9.55 Å². The third kappa shape index (κ3) is 4.66. The van der Waals surface area contributed by atoms with Crippen LogP contribution in [0.4, 0.5) is 0 Å². The Hall–Kier alpha value is -6.86. The summed E-state index contributed by atoms with van der Waals surface area (Å²) in [5, 5.41) is 6.69. The molecule has 2 aliphatic heterocycles. The average molecular weight is 743 g/mol. The van der Waals surface area contributed by atoms with Crippen molar-refractivity contribution in [3.05, 3.63) is 235 Å². The molecular weight excluding hydrogens is 708 g/mol. The van der Waals surface area contributed by atoms with Crippen molar-refractivity contribution in [2.75, 3.05) is 0 Å². The molecule has 0 amide bonds. The number of nitrogens with zero attached hydrogens (tertiary/aromatic N) is 2. The predicted molar refractivity (Wildman–Crippen MR) is 239 cm³/mol. The van der Waals surface area contributed by atoms with E-state index in [0.717, 1.165) is 28.1 Å². The molecule has 10 aromatic rings. The molecule has 12 rings (SSSR count). The van der Waals surface area contributed by atoms with Crippen LogP contribution in [0, 0.1) is 0 Å². The summed E-state index contributed by atoms with van der Waals surface area (Å²) in [5.74, 6) is 0. The summed E-state index contributed by atoms with van der Waals surface area (Å²) in [6, 6.07) is 78.5. The molecule has 1 unspecified atom stereocenters. The van der Waals surface area contributed by atoms with Crippen molar-refractivity contribution < 1.29 is 0 Å². The summed E-state index contributed by atoms with van der Waals surface area (Å²) in [6.07, 6.45) is 0. The fourth-order valence-corrected chi connectivity index (χ4v) is 12.6. The Kier molecular flexibility index (Phi) is 7.15. The van der Waals surface area contributed by atoms with E-state index >= 15 is 0 Å². The molecule has 0 N–H and O–H groups in total. The maximum Gasteiger partial charge on any atom is 0.0755 e. The van der Waals surface area contributed by atoms with Gasteiger partial charge < -0.3 is 4.57 Å². The van der Waals surface area contributed by atoms with Crippen LogP contribution in [0.3, 0.4) is 0 Å². The van der Waals surface area contributed by atoms with Gasteiger partial charge in [-0.3, -0.25) is 0 Å². The van der Waals surface area contributed by atoms with Gasteiger partial charge in [0.15, 0.2) is 0 Å². The lowest BCUT2D eigenvalue weighted by Gasteiger charge is -2.47. The predicted octanol–water partition coefficient (Wildman–Crippen LogP) is 11.9. The average Bonchev–Trinajstić information content (AvgIpc) is 3.63. The molecule has 2 atom stereocenters. The zero-order valence-electron chi connectivity index (χ0n) is 31.0. The lowest BCUT2D eigenvalue weighted by molar-refractivity contribution is 0.734. The van der Waals surface area contributed by atoms with Crippen LogP contribution in [0.2, 0.25) is 0 Å². The van der Waals surface area contributed by atoms with E-state index in [0.29, 0.717) is 0 Å². The van der Waals surface area contributed by atoms with Gasteiger partial charge in [0.25, 0.3) is 0 Å². The van der Waals surface area contributed by atoms with Crippen molar-refractivity contribution in [3.63, 3.8) is 0 Å².